The predicted octanol–water partition coefficient (Wildman–Crippen LogP) is 2.32. The van der Waals surface area contributed by atoms with Crippen LogP contribution in [0.5, 0.6) is 0 Å². The molecule has 0 saturated carbocycles. The van der Waals surface area contributed by atoms with Gasteiger partial charge in [-0.2, -0.15) is 0 Å². The van der Waals surface area contributed by atoms with Crippen LogP contribution in [-0.4, -0.2) is 16.2 Å². The van der Waals surface area contributed by atoms with Crippen LogP contribution < -0.4 is 21.6 Å². The smallest absolute Gasteiger partial charge is 0.314 e. The Morgan fingerprint density at radius 3 is 2.42 bits per heavy atom. The van der Waals surface area contributed by atoms with Crippen LogP contribution in [0.15, 0.2) is 73.8 Å². The molecular weight excluding hydrogens is 350 g/mol. The van der Waals surface area contributed by atoms with Gasteiger partial charge in [0.15, 0.2) is 0 Å². The number of nitrogens with zero attached hydrogens (tertiary/aromatic N) is 1. The van der Waals surface area contributed by atoms with Gasteiger partial charge in [0, 0.05) is 11.1 Å². The predicted molar refractivity (Wildman–Crippen MR) is 106 cm³/mol. The van der Waals surface area contributed by atoms with Crippen molar-refractivity contribution in [2.45, 2.75) is 11.8 Å². The summed E-state index contributed by atoms with van der Waals surface area (Å²) in [5.41, 5.74) is 7.84. The number of aryl methyl sites for hydroxylation is 1. The summed E-state index contributed by atoms with van der Waals surface area (Å²) in [6.45, 7) is 1.91. The van der Waals surface area contributed by atoms with Crippen molar-refractivity contribution in [1.29, 1.82) is 0 Å². The maximum absolute atomic E-state index is 11.5. The number of hydrogen-bond acceptors (Lipinski definition) is 6. The highest BCUT2D eigenvalue weighted by Gasteiger charge is 2.06. The highest BCUT2D eigenvalue weighted by molar-refractivity contribution is 7.97. The van der Waals surface area contributed by atoms with Gasteiger partial charge in [-0.05, 0) is 48.7 Å². The molecule has 2 aromatic carbocycles. The number of aromatic nitrogens is 2. The first-order chi connectivity index (χ1) is 12.6. The molecule has 0 unspecified atom stereocenters. The summed E-state index contributed by atoms with van der Waals surface area (Å²) in [7, 11) is 0. The number of hydrogen-bond donors (Lipinski definition) is 4. The number of rotatable bonds is 5. The van der Waals surface area contributed by atoms with E-state index in [-0.39, 0.29) is 0 Å². The number of allylic oxidation sites excluding steroid dienone is 1. The van der Waals surface area contributed by atoms with Crippen LogP contribution >= 0.6 is 11.9 Å². The van der Waals surface area contributed by atoms with Crippen LogP contribution in [0.25, 0.3) is 11.0 Å². The number of para-hydroxylation sites is 1. The van der Waals surface area contributed by atoms with E-state index in [4.69, 9.17) is 5.73 Å². The van der Waals surface area contributed by atoms with E-state index in [1.54, 1.807) is 18.3 Å². The summed E-state index contributed by atoms with van der Waals surface area (Å²) >= 11 is 1.34. The zero-order valence-electron chi connectivity index (χ0n) is 13.9. The Balaban J connectivity index is 1.78. The average molecular weight is 367 g/mol. The summed E-state index contributed by atoms with van der Waals surface area (Å²) < 4.78 is 3.13. The molecule has 5 N–H and O–H groups in total. The van der Waals surface area contributed by atoms with E-state index in [2.05, 4.69) is 19.7 Å². The first kappa shape index (κ1) is 17.6. The molecule has 0 aliphatic carbocycles. The van der Waals surface area contributed by atoms with Crippen molar-refractivity contribution < 1.29 is 0 Å². The molecule has 1 heterocycles. The Morgan fingerprint density at radius 1 is 1.12 bits per heavy atom. The molecule has 0 amide bonds. The highest BCUT2D eigenvalue weighted by Crippen LogP contribution is 2.24. The average Bonchev–Trinajstić information content (AvgIpc) is 2.64. The van der Waals surface area contributed by atoms with E-state index >= 15 is 0 Å². The highest BCUT2D eigenvalue weighted by atomic mass is 32.2. The minimum atomic E-state index is -0.678. The number of nitrogens with one attached hydrogen (secondary N) is 3. The second-order valence-electron chi connectivity index (χ2n) is 5.49. The van der Waals surface area contributed by atoms with Crippen molar-refractivity contribution in [3.8, 4) is 0 Å². The van der Waals surface area contributed by atoms with Crippen molar-refractivity contribution in [1.82, 2.24) is 14.7 Å². The molecule has 0 radical (unpaired) electrons. The van der Waals surface area contributed by atoms with Crippen LogP contribution in [0.4, 0.5) is 5.69 Å². The SMILES string of the molecule is Cc1cc2[nH]c(=O)c(=O)[nH]c2cc1SN/C(C=Nc1ccccc1)=C/N. The topological polar surface area (TPSA) is 116 Å². The second-order valence-corrected chi connectivity index (χ2v) is 6.34. The van der Waals surface area contributed by atoms with Gasteiger partial charge >= 0.3 is 11.1 Å². The Bertz CT molecular complexity index is 1100. The third-order valence-corrected chi connectivity index (χ3v) is 4.58. The Labute approximate surface area is 153 Å². The minimum Gasteiger partial charge on any atom is -0.403 e. The first-order valence-corrected chi connectivity index (χ1v) is 8.59. The molecule has 132 valence electrons. The fraction of sp³-hybridized carbons (Fsp3) is 0.0556. The van der Waals surface area contributed by atoms with Gasteiger partial charge in [-0.1, -0.05) is 18.2 Å². The molecule has 0 atom stereocenters. The molecule has 7 nitrogen and oxygen atoms in total. The lowest BCUT2D eigenvalue weighted by atomic mass is 10.2. The monoisotopic (exact) mass is 367 g/mol. The van der Waals surface area contributed by atoms with E-state index < -0.39 is 11.1 Å². The molecule has 3 rings (SSSR count). The van der Waals surface area contributed by atoms with Crippen LogP contribution in [0.1, 0.15) is 5.56 Å². The number of benzene rings is 2. The van der Waals surface area contributed by atoms with E-state index in [1.165, 1.54) is 18.1 Å². The van der Waals surface area contributed by atoms with Crippen molar-refractivity contribution >= 4 is 34.9 Å². The largest absolute Gasteiger partial charge is 0.403 e. The Morgan fingerprint density at radius 2 is 1.77 bits per heavy atom. The van der Waals surface area contributed by atoms with Crippen molar-refractivity contribution in [3.05, 3.63) is 80.6 Å². The van der Waals surface area contributed by atoms with Gasteiger partial charge in [-0.3, -0.25) is 14.6 Å². The fourth-order valence-electron chi connectivity index (χ4n) is 2.24. The number of aliphatic imine (C=N–C) groups is 1. The molecule has 0 bridgehead atoms. The van der Waals surface area contributed by atoms with E-state index in [0.717, 1.165) is 16.1 Å². The van der Waals surface area contributed by atoms with Gasteiger partial charge < -0.3 is 20.4 Å². The maximum atomic E-state index is 11.5. The Kier molecular flexibility index (Phi) is 5.23. The third kappa shape index (κ3) is 4.04. The lowest BCUT2D eigenvalue weighted by Gasteiger charge is -2.09. The van der Waals surface area contributed by atoms with Crippen molar-refractivity contribution in [3.63, 3.8) is 0 Å². The number of nitrogens with two attached hydrogens (primary N) is 1. The lowest BCUT2D eigenvalue weighted by Crippen LogP contribution is -2.28. The molecule has 0 aliphatic rings. The van der Waals surface area contributed by atoms with Crippen LogP contribution in [0.3, 0.4) is 0 Å². The quantitative estimate of drug-likeness (QED) is 0.314. The number of fused-ring (bicyclic) bond motifs is 1. The summed E-state index contributed by atoms with van der Waals surface area (Å²) in [5, 5.41) is 0. The normalized spacial score (nSPS) is 12.0. The van der Waals surface area contributed by atoms with Gasteiger partial charge in [-0.15, -0.1) is 0 Å². The van der Waals surface area contributed by atoms with Gasteiger partial charge in [0.25, 0.3) is 0 Å². The van der Waals surface area contributed by atoms with Gasteiger partial charge in [0.2, 0.25) is 0 Å². The summed E-state index contributed by atoms with van der Waals surface area (Å²) in [6, 6.07) is 13.1. The molecule has 8 heteroatoms. The molecule has 26 heavy (non-hydrogen) atoms. The van der Waals surface area contributed by atoms with Gasteiger partial charge in [0.1, 0.15) is 0 Å². The van der Waals surface area contributed by atoms with Crippen LogP contribution in [0, 0.1) is 6.92 Å². The van der Waals surface area contributed by atoms with E-state index in [1.807, 2.05) is 37.3 Å². The molecule has 3 aromatic rings. The van der Waals surface area contributed by atoms with E-state index in [0.29, 0.717) is 16.7 Å². The van der Waals surface area contributed by atoms with Crippen LogP contribution in [0.2, 0.25) is 0 Å². The molecular formula is C18H17N5O2S. The lowest BCUT2D eigenvalue weighted by molar-refractivity contribution is 1.13. The zero-order chi connectivity index (χ0) is 18.5. The minimum absolute atomic E-state index is 0.556. The summed E-state index contributed by atoms with van der Waals surface area (Å²) in [5.74, 6) is 0. The molecule has 0 aliphatic heterocycles. The number of H-pyrrole nitrogens is 2. The van der Waals surface area contributed by atoms with Gasteiger partial charge in [0.05, 0.1) is 28.6 Å². The van der Waals surface area contributed by atoms with Crippen molar-refractivity contribution in [2.24, 2.45) is 10.7 Å². The molecule has 1 aromatic heterocycles. The summed E-state index contributed by atoms with van der Waals surface area (Å²) in [6.07, 6.45) is 3.06. The maximum Gasteiger partial charge on any atom is 0.314 e. The van der Waals surface area contributed by atoms with Gasteiger partial charge in [-0.25, -0.2) is 0 Å². The summed E-state index contributed by atoms with van der Waals surface area (Å²) in [4.78, 5) is 33.3. The fourth-order valence-corrected chi connectivity index (χ4v) is 2.98. The second kappa shape index (κ2) is 7.75. The standard InChI is InChI=1S/C18H17N5O2S/c1-11-7-14-15(22-18(25)17(24)21-14)8-16(11)26-23-13(9-19)10-20-12-5-3-2-4-6-12/h2-10,23H,19H2,1H3,(H,21,24)(H,22,25)/b13-9+,20-10?. The van der Waals surface area contributed by atoms with Crippen molar-refractivity contribution in [2.75, 3.05) is 0 Å². The molecule has 0 saturated heterocycles. The van der Waals surface area contributed by atoms with Crippen LogP contribution in [-0.2, 0) is 0 Å². The first-order valence-electron chi connectivity index (χ1n) is 7.77. The molecule has 0 fully saturated rings. The number of aromatic amines is 2. The third-order valence-electron chi connectivity index (χ3n) is 3.59. The molecule has 0 spiro atoms. The van der Waals surface area contributed by atoms with E-state index in [9.17, 15) is 9.59 Å². The zero-order valence-corrected chi connectivity index (χ0v) is 14.8. The Hall–Kier alpha value is -3.26.